The number of carbonyl (C=O) groups excluding carboxylic acids is 1. The number of carbonyl (C=O) groups is 1. The minimum absolute atomic E-state index is 0. The standard InChI is InChI=1S/C15H23N3O3S.ClH/c1-3-15(19)17-12-6-8-14(9-7-12)22(20,21)18-10-4-5-13(11-18)16-2;/h6-9,13,16H,3-5,10-11H2,1-2H3,(H,17,19);1H. The van der Waals surface area contributed by atoms with E-state index in [1.807, 2.05) is 7.05 Å². The highest BCUT2D eigenvalue weighted by atomic mass is 35.5. The van der Waals surface area contributed by atoms with Gasteiger partial charge >= 0.3 is 0 Å². The van der Waals surface area contributed by atoms with Gasteiger partial charge in [-0.2, -0.15) is 4.31 Å². The van der Waals surface area contributed by atoms with Gasteiger partial charge in [-0.05, 0) is 44.2 Å². The van der Waals surface area contributed by atoms with Gasteiger partial charge in [0.1, 0.15) is 0 Å². The lowest BCUT2D eigenvalue weighted by Crippen LogP contribution is -2.46. The summed E-state index contributed by atoms with van der Waals surface area (Å²) in [5.41, 5.74) is 0.609. The molecule has 2 N–H and O–H groups in total. The van der Waals surface area contributed by atoms with Crippen molar-refractivity contribution in [1.29, 1.82) is 0 Å². The number of halogens is 1. The molecule has 1 unspecified atom stereocenters. The molecule has 1 aliphatic rings. The number of nitrogens with zero attached hydrogens (tertiary/aromatic N) is 1. The molecule has 1 heterocycles. The fourth-order valence-corrected chi connectivity index (χ4v) is 4.03. The first-order chi connectivity index (χ1) is 10.5. The Morgan fingerprint density at radius 1 is 1.30 bits per heavy atom. The molecule has 0 aromatic heterocycles. The third-order valence-corrected chi connectivity index (χ3v) is 5.77. The van der Waals surface area contributed by atoms with Crippen LogP contribution in [0.3, 0.4) is 0 Å². The quantitative estimate of drug-likeness (QED) is 0.838. The lowest BCUT2D eigenvalue weighted by Gasteiger charge is -2.31. The zero-order valence-corrected chi connectivity index (χ0v) is 15.0. The molecule has 0 radical (unpaired) electrons. The molecular formula is C15H24ClN3O3S. The Labute approximate surface area is 144 Å². The Morgan fingerprint density at radius 2 is 1.96 bits per heavy atom. The predicted molar refractivity (Wildman–Crippen MR) is 93.5 cm³/mol. The fraction of sp³-hybridized carbons (Fsp3) is 0.533. The van der Waals surface area contributed by atoms with Gasteiger partial charge in [0.2, 0.25) is 15.9 Å². The highest BCUT2D eigenvalue weighted by molar-refractivity contribution is 7.89. The zero-order chi connectivity index (χ0) is 16.2. The van der Waals surface area contributed by atoms with Crippen molar-refractivity contribution in [3.8, 4) is 0 Å². The van der Waals surface area contributed by atoms with Crippen molar-refractivity contribution in [2.24, 2.45) is 0 Å². The van der Waals surface area contributed by atoms with Gasteiger partial charge in [-0.15, -0.1) is 12.4 Å². The van der Waals surface area contributed by atoms with Crippen LogP contribution in [0.25, 0.3) is 0 Å². The van der Waals surface area contributed by atoms with E-state index in [9.17, 15) is 13.2 Å². The summed E-state index contributed by atoms with van der Waals surface area (Å²) in [6.07, 6.45) is 2.24. The number of sulfonamides is 1. The molecule has 1 saturated heterocycles. The Morgan fingerprint density at radius 3 is 2.52 bits per heavy atom. The average Bonchev–Trinajstić information content (AvgIpc) is 2.55. The molecular weight excluding hydrogens is 338 g/mol. The zero-order valence-electron chi connectivity index (χ0n) is 13.4. The van der Waals surface area contributed by atoms with Crippen LogP contribution >= 0.6 is 12.4 Å². The molecule has 6 nitrogen and oxygen atoms in total. The minimum Gasteiger partial charge on any atom is -0.326 e. The SMILES string of the molecule is CCC(=O)Nc1ccc(S(=O)(=O)N2CCCC(NC)C2)cc1.Cl. The lowest BCUT2D eigenvalue weighted by atomic mass is 10.1. The van der Waals surface area contributed by atoms with E-state index in [2.05, 4.69) is 10.6 Å². The van der Waals surface area contributed by atoms with Gasteiger partial charge < -0.3 is 10.6 Å². The highest BCUT2D eigenvalue weighted by Gasteiger charge is 2.29. The van der Waals surface area contributed by atoms with Crippen LogP contribution in [0.1, 0.15) is 26.2 Å². The summed E-state index contributed by atoms with van der Waals surface area (Å²) in [6.45, 7) is 2.81. The molecule has 1 aliphatic heterocycles. The number of nitrogens with one attached hydrogen (secondary N) is 2. The molecule has 8 heteroatoms. The third kappa shape index (κ3) is 4.91. The molecule has 0 bridgehead atoms. The minimum atomic E-state index is -3.48. The van der Waals surface area contributed by atoms with Crippen LogP contribution in [0.2, 0.25) is 0 Å². The molecule has 2 rings (SSSR count). The van der Waals surface area contributed by atoms with Gasteiger partial charge in [-0.1, -0.05) is 6.92 Å². The molecule has 23 heavy (non-hydrogen) atoms. The Balaban J connectivity index is 0.00000264. The second-order valence-corrected chi connectivity index (χ2v) is 7.35. The first-order valence-electron chi connectivity index (χ1n) is 7.54. The summed E-state index contributed by atoms with van der Waals surface area (Å²) in [5, 5.41) is 5.85. The molecule has 0 saturated carbocycles. The van der Waals surface area contributed by atoms with E-state index in [1.54, 1.807) is 31.2 Å². The summed E-state index contributed by atoms with van der Waals surface area (Å²) >= 11 is 0. The van der Waals surface area contributed by atoms with Gasteiger partial charge in [0, 0.05) is 31.2 Å². The summed E-state index contributed by atoms with van der Waals surface area (Å²) in [7, 11) is -1.62. The maximum atomic E-state index is 12.6. The van der Waals surface area contributed by atoms with Crippen LogP contribution in [0.15, 0.2) is 29.2 Å². The summed E-state index contributed by atoms with van der Waals surface area (Å²) in [4.78, 5) is 11.6. The normalized spacial score (nSPS) is 19.0. The van der Waals surface area contributed by atoms with E-state index >= 15 is 0 Å². The first-order valence-corrected chi connectivity index (χ1v) is 8.98. The summed E-state index contributed by atoms with van der Waals surface area (Å²) < 4.78 is 26.8. The third-order valence-electron chi connectivity index (χ3n) is 3.89. The molecule has 0 spiro atoms. The van der Waals surface area contributed by atoms with Crippen LogP contribution in [0, 0.1) is 0 Å². The van der Waals surface area contributed by atoms with Gasteiger partial charge in [0.15, 0.2) is 0 Å². The largest absolute Gasteiger partial charge is 0.326 e. The molecule has 1 aromatic carbocycles. The monoisotopic (exact) mass is 361 g/mol. The average molecular weight is 362 g/mol. The van der Waals surface area contributed by atoms with E-state index in [-0.39, 0.29) is 29.3 Å². The Kier molecular flexibility index (Phi) is 7.47. The smallest absolute Gasteiger partial charge is 0.243 e. The number of rotatable bonds is 5. The fourth-order valence-electron chi connectivity index (χ4n) is 2.51. The van der Waals surface area contributed by atoms with Crippen LogP contribution in [-0.4, -0.2) is 44.8 Å². The molecule has 0 aliphatic carbocycles. The molecule has 1 aromatic rings. The lowest BCUT2D eigenvalue weighted by molar-refractivity contribution is -0.115. The van der Waals surface area contributed by atoms with E-state index in [4.69, 9.17) is 0 Å². The number of anilines is 1. The first kappa shape index (κ1) is 19.9. The Bertz CT molecular complexity index is 619. The maximum absolute atomic E-state index is 12.6. The van der Waals surface area contributed by atoms with Gasteiger partial charge in [-0.25, -0.2) is 8.42 Å². The molecule has 1 atom stereocenters. The van der Waals surface area contributed by atoms with Crippen LogP contribution in [0.4, 0.5) is 5.69 Å². The number of amides is 1. The number of hydrogen-bond acceptors (Lipinski definition) is 4. The topological polar surface area (TPSA) is 78.5 Å². The van der Waals surface area contributed by atoms with Crippen molar-refractivity contribution in [2.45, 2.75) is 37.1 Å². The second kappa shape index (κ2) is 8.63. The van der Waals surface area contributed by atoms with Gasteiger partial charge in [-0.3, -0.25) is 4.79 Å². The second-order valence-electron chi connectivity index (χ2n) is 5.42. The van der Waals surface area contributed by atoms with Gasteiger partial charge in [0.25, 0.3) is 0 Å². The van der Waals surface area contributed by atoms with Crippen molar-refractivity contribution < 1.29 is 13.2 Å². The van der Waals surface area contributed by atoms with Crippen LogP contribution < -0.4 is 10.6 Å². The van der Waals surface area contributed by atoms with Crippen LogP contribution in [-0.2, 0) is 14.8 Å². The molecule has 1 fully saturated rings. The van der Waals surface area contributed by atoms with E-state index in [0.717, 1.165) is 12.8 Å². The predicted octanol–water partition coefficient (Wildman–Crippen LogP) is 1.83. The number of piperidine rings is 1. The van der Waals surface area contributed by atoms with Crippen molar-refractivity contribution in [2.75, 3.05) is 25.5 Å². The molecule has 1 amide bonds. The number of likely N-dealkylation sites (N-methyl/N-ethyl adjacent to an activating group) is 1. The van der Waals surface area contributed by atoms with Crippen molar-refractivity contribution >= 4 is 34.0 Å². The van der Waals surface area contributed by atoms with E-state index in [1.165, 1.54) is 4.31 Å². The van der Waals surface area contributed by atoms with Crippen molar-refractivity contribution in [3.63, 3.8) is 0 Å². The summed E-state index contributed by atoms with van der Waals surface area (Å²) in [5.74, 6) is -0.0940. The number of hydrogen-bond donors (Lipinski definition) is 2. The Hall–Kier alpha value is -1.15. The highest BCUT2D eigenvalue weighted by Crippen LogP contribution is 2.22. The van der Waals surface area contributed by atoms with E-state index < -0.39 is 10.0 Å². The van der Waals surface area contributed by atoms with Crippen molar-refractivity contribution in [1.82, 2.24) is 9.62 Å². The number of benzene rings is 1. The summed E-state index contributed by atoms with van der Waals surface area (Å²) in [6, 6.07) is 6.54. The van der Waals surface area contributed by atoms with Gasteiger partial charge in [0.05, 0.1) is 4.90 Å². The maximum Gasteiger partial charge on any atom is 0.243 e. The molecule has 130 valence electrons. The van der Waals surface area contributed by atoms with Crippen LogP contribution in [0.5, 0.6) is 0 Å². The van der Waals surface area contributed by atoms with Crippen molar-refractivity contribution in [3.05, 3.63) is 24.3 Å². The van der Waals surface area contributed by atoms with E-state index in [0.29, 0.717) is 25.2 Å².